The van der Waals surface area contributed by atoms with E-state index in [1.54, 1.807) is 0 Å². The van der Waals surface area contributed by atoms with Crippen molar-refractivity contribution in [2.24, 2.45) is 0 Å². The second kappa shape index (κ2) is 8.30. The number of amides is 1. The number of hydrogen-bond acceptors (Lipinski definition) is 6. The number of benzene rings is 1. The summed E-state index contributed by atoms with van der Waals surface area (Å²) in [6, 6.07) is 8.63. The van der Waals surface area contributed by atoms with Gasteiger partial charge >= 0.3 is 11.0 Å². The molecule has 0 spiro atoms. The van der Waals surface area contributed by atoms with E-state index in [-0.39, 0.29) is 15.9 Å². The number of hydrogen-bond donors (Lipinski definition) is 1. The topological polar surface area (TPSA) is 98.5 Å². The minimum absolute atomic E-state index is 0.0947. The molecule has 1 aromatic carbocycles. The minimum atomic E-state index is -0.746. The molecule has 1 aromatic heterocycles. The number of nitrogens with one attached hydrogen (secondary N) is 1. The van der Waals surface area contributed by atoms with Gasteiger partial charge in [-0.25, -0.2) is 4.79 Å². The number of esters is 1. The van der Waals surface area contributed by atoms with E-state index in [0.29, 0.717) is 0 Å². The van der Waals surface area contributed by atoms with Crippen LogP contribution in [-0.2, 0) is 22.4 Å². The number of thiophene rings is 1. The van der Waals surface area contributed by atoms with Crippen molar-refractivity contribution in [3.05, 3.63) is 62.0 Å². The van der Waals surface area contributed by atoms with E-state index < -0.39 is 23.4 Å². The van der Waals surface area contributed by atoms with Crippen molar-refractivity contribution in [3.63, 3.8) is 0 Å². The smallest absolute Gasteiger partial charge is 0.349 e. The Morgan fingerprint density at radius 1 is 1.22 bits per heavy atom. The van der Waals surface area contributed by atoms with Gasteiger partial charge in [-0.05, 0) is 55.4 Å². The fourth-order valence-electron chi connectivity index (χ4n) is 3.13. The second-order valence-electron chi connectivity index (χ2n) is 6.50. The van der Waals surface area contributed by atoms with Gasteiger partial charge in [-0.3, -0.25) is 14.9 Å². The van der Waals surface area contributed by atoms with Crippen LogP contribution in [0.5, 0.6) is 0 Å². The highest BCUT2D eigenvalue weighted by Crippen LogP contribution is 2.25. The van der Waals surface area contributed by atoms with Crippen LogP contribution in [0.15, 0.2) is 30.3 Å². The summed E-state index contributed by atoms with van der Waals surface area (Å²) in [6.07, 6.45) is 4.58. The highest BCUT2D eigenvalue weighted by Gasteiger charge is 2.18. The molecule has 1 N–H and O–H groups in total. The first-order valence-corrected chi connectivity index (χ1v) is 9.58. The van der Waals surface area contributed by atoms with E-state index in [1.807, 2.05) is 13.0 Å². The van der Waals surface area contributed by atoms with Gasteiger partial charge in [0, 0.05) is 6.07 Å². The van der Waals surface area contributed by atoms with E-state index in [2.05, 4.69) is 17.4 Å². The van der Waals surface area contributed by atoms with Crippen molar-refractivity contribution in [2.45, 2.75) is 38.6 Å². The van der Waals surface area contributed by atoms with Gasteiger partial charge < -0.3 is 10.1 Å². The highest BCUT2D eigenvalue weighted by molar-refractivity contribution is 7.17. The molecule has 1 amide bonds. The van der Waals surface area contributed by atoms with Crippen molar-refractivity contribution >= 4 is 28.2 Å². The summed E-state index contributed by atoms with van der Waals surface area (Å²) in [5.74, 6) is -1.16. The van der Waals surface area contributed by atoms with Crippen LogP contribution in [0.25, 0.3) is 0 Å². The van der Waals surface area contributed by atoms with E-state index in [1.165, 1.54) is 36.1 Å². The molecule has 27 heavy (non-hydrogen) atoms. The number of fused-ring (bicyclic) bond motifs is 1. The second-order valence-corrected chi connectivity index (χ2v) is 7.56. The molecule has 0 unspecified atom stereocenters. The fraction of sp³-hybridized carbons (Fsp3) is 0.368. The first kappa shape index (κ1) is 19.0. The van der Waals surface area contributed by atoms with Crippen molar-refractivity contribution in [1.29, 1.82) is 0 Å². The number of nitrogens with zero attached hydrogens (tertiary/aromatic N) is 1. The Bertz CT molecular complexity index is 877. The lowest BCUT2D eigenvalue weighted by molar-refractivity contribution is -0.380. The lowest BCUT2D eigenvalue weighted by atomic mass is 9.89. The SMILES string of the molecule is C[C@H](NC(=O)COC(=O)c1ccc([N+](=O)[O-])s1)c1ccc2c(c1)CCCC2. The van der Waals surface area contributed by atoms with Crippen LogP contribution >= 0.6 is 11.3 Å². The molecule has 1 heterocycles. The molecule has 1 aliphatic carbocycles. The summed E-state index contributed by atoms with van der Waals surface area (Å²) in [4.78, 5) is 34.1. The number of ether oxygens (including phenoxy) is 1. The van der Waals surface area contributed by atoms with Crippen molar-refractivity contribution in [2.75, 3.05) is 6.61 Å². The third-order valence-corrected chi connectivity index (χ3v) is 5.57. The molecule has 0 saturated heterocycles. The maximum Gasteiger partial charge on any atom is 0.349 e. The van der Waals surface area contributed by atoms with Gasteiger partial charge in [-0.2, -0.15) is 0 Å². The monoisotopic (exact) mass is 388 g/mol. The van der Waals surface area contributed by atoms with Crippen molar-refractivity contribution < 1.29 is 19.2 Å². The molecule has 2 aromatic rings. The Balaban J connectivity index is 1.52. The lowest BCUT2D eigenvalue weighted by Gasteiger charge is -2.20. The Morgan fingerprint density at radius 3 is 2.67 bits per heavy atom. The molecule has 142 valence electrons. The van der Waals surface area contributed by atoms with Gasteiger partial charge in [-0.1, -0.05) is 29.5 Å². The average Bonchev–Trinajstić information content (AvgIpc) is 3.16. The molecule has 7 nitrogen and oxygen atoms in total. The van der Waals surface area contributed by atoms with Gasteiger partial charge in [0.25, 0.3) is 5.91 Å². The quantitative estimate of drug-likeness (QED) is 0.463. The molecule has 0 fully saturated rings. The Hall–Kier alpha value is -2.74. The number of aryl methyl sites for hydroxylation is 2. The molecule has 0 saturated carbocycles. The van der Waals surface area contributed by atoms with Crippen LogP contribution in [0, 0.1) is 10.1 Å². The molecular weight excluding hydrogens is 368 g/mol. The fourth-order valence-corrected chi connectivity index (χ4v) is 3.84. The van der Waals surface area contributed by atoms with Gasteiger partial charge in [0.05, 0.1) is 11.0 Å². The van der Waals surface area contributed by atoms with Crippen LogP contribution in [0.4, 0.5) is 5.00 Å². The summed E-state index contributed by atoms with van der Waals surface area (Å²) < 4.78 is 4.95. The summed E-state index contributed by atoms with van der Waals surface area (Å²) >= 11 is 0.719. The molecular formula is C19H20N2O5S. The van der Waals surface area contributed by atoms with Crippen LogP contribution in [-0.4, -0.2) is 23.4 Å². The zero-order valence-electron chi connectivity index (χ0n) is 14.9. The third kappa shape index (κ3) is 4.71. The van der Waals surface area contributed by atoms with E-state index in [4.69, 9.17) is 4.74 Å². The van der Waals surface area contributed by atoms with Crippen LogP contribution < -0.4 is 5.32 Å². The van der Waals surface area contributed by atoms with Gasteiger partial charge in [0.1, 0.15) is 4.88 Å². The van der Waals surface area contributed by atoms with Gasteiger partial charge in [-0.15, -0.1) is 0 Å². The maximum absolute atomic E-state index is 12.1. The highest BCUT2D eigenvalue weighted by atomic mass is 32.1. The van der Waals surface area contributed by atoms with Crippen LogP contribution in [0.2, 0.25) is 0 Å². The normalized spacial score (nSPS) is 14.1. The van der Waals surface area contributed by atoms with Crippen LogP contribution in [0.3, 0.4) is 0 Å². The number of rotatable bonds is 6. The third-order valence-electron chi connectivity index (χ3n) is 4.56. The molecule has 1 atom stereocenters. The first-order valence-electron chi connectivity index (χ1n) is 8.76. The zero-order valence-corrected chi connectivity index (χ0v) is 15.7. The largest absolute Gasteiger partial charge is 0.451 e. The summed E-state index contributed by atoms with van der Waals surface area (Å²) in [5.41, 5.74) is 3.73. The van der Waals surface area contributed by atoms with Crippen molar-refractivity contribution in [3.8, 4) is 0 Å². The van der Waals surface area contributed by atoms with E-state index in [0.717, 1.165) is 29.7 Å². The standard InChI is InChI=1S/C19H20N2O5S/c1-12(14-7-6-13-4-2-3-5-15(13)10-14)20-17(22)11-26-19(23)16-8-9-18(27-16)21(24)25/h6-10,12H,2-5,11H2,1H3,(H,20,22)/t12-/m0/s1. The predicted molar refractivity (Wildman–Crippen MR) is 101 cm³/mol. The minimum Gasteiger partial charge on any atom is -0.451 e. The van der Waals surface area contributed by atoms with E-state index in [9.17, 15) is 19.7 Å². The average molecular weight is 388 g/mol. The Labute approximate surface area is 160 Å². The number of nitro groups is 1. The molecule has 0 bridgehead atoms. The maximum atomic E-state index is 12.1. The van der Waals surface area contributed by atoms with E-state index >= 15 is 0 Å². The summed E-state index contributed by atoms with van der Waals surface area (Å²) in [7, 11) is 0. The molecule has 3 rings (SSSR count). The molecule has 0 aliphatic heterocycles. The molecule has 8 heteroatoms. The van der Waals surface area contributed by atoms with Crippen molar-refractivity contribution in [1.82, 2.24) is 5.32 Å². The van der Waals surface area contributed by atoms with Gasteiger partial charge in [0.15, 0.2) is 6.61 Å². The Morgan fingerprint density at radius 2 is 1.96 bits per heavy atom. The lowest BCUT2D eigenvalue weighted by Crippen LogP contribution is -2.31. The molecule has 1 aliphatic rings. The number of carbonyl (C=O) groups is 2. The van der Waals surface area contributed by atoms with Gasteiger partial charge in [0.2, 0.25) is 0 Å². The first-order chi connectivity index (χ1) is 12.9. The summed E-state index contributed by atoms with van der Waals surface area (Å²) in [5, 5.41) is 13.3. The predicted octanol–water partition coefficient (Wildman–Crippen LogP) is 3.57. The summed E-state index contributed by atoms with van der Waals surface area (Å²) in [6.45, 7) is 1.45. The Kier molecular flexibility index (Phi) is 5.85. The number of carbonyl (C=O) groups excluding carboxylic acids is 2. The molecule has 0 radical (unpaired) electrons. The van der Waals surface area contributed by atoms with Crippen LogP contribution in [0.1, 0.15) is 52.2 Å². The zero-order chi connectivity index (χ0) is 19.4.